The van der Waals surface area contributed by atoms with E-state index in [0.29, 0.717) is 22.4 Å². The van der Waals surface area contributed by atoms with Crippen molar-refractivity contribution in [3.8, 4) is 0 Å². The van der Waals surface area contributed by atoms with E-state index in [4.69, 9.17) is 16.7 Å². The minimum Gasteiger partial charge on any atom is -0.478 e. The van der Waals surface area contributed by atoms with Gasteiger partial charge in [0.2, 0.25) is 0 Å². The summed E-state index contributed by atoms with van der Waals surface area (Å²) in [5, 5.41) is 12.0. The Morgan fingerprint density at radius 1 is 1.31 bits per heavy atom. The minimum atomic E-state index is -3.60. The Hall–Kier alpha value is -2.42. The van der Waals surface area contributed by atoms with E-state index >= 15 is 0 Å². The monoisotopic (exact) mass is 393 g/mol. The SMILES string of the molecule is Cc1cccc(Cl)c1S(=O)(=O)CNCc1nc2ccc(C(=O)O)cc2[nH]1. The second kappa shape index (κ2) is 7.06. The van der Waals surface area contributed by atoms with Crippen LogP contribution in [0.1, 0.15) is 21.7 Å². The molecule has 0 fully saturated rings. The summed E-state index contributed by atoms with van der Waals surface area (Å²) in [5.74, 6) is -0.814. The van der Waals surface area contributed by atoms with Gasteiger partial charge in [0.05, 0.1) is 33.1 Å². The summed E-state index contributed by atoms with van der Waals surface area (Å²) >= 11 is 6.03. The predicted molar refractivity (Wildman–Crippen MR) is 98.1 cm³/mol. The number of rotatable bonds is 6. The average molecular weight is 394 g/mol. The van der Waals surface area contributed by atoms with Gasteiger partial charge >= 0.3 is 5.97 Å². The number of carbonyl (C=O) groups is 1. The van der Waals surface area contributed by atoms with Crippen LogP contribution >= 0.6 is 11.6 Å². The van der Waals surface area contributed by atoms with Crippen LogP contribution in [0, 0.1) is 6.92 Å². The lowest BCUT2D eigenvalue weighted by Crippen LogP contribution is -2.24. The lowest BCUT2D eigenvalue weighted by molar-refractivity contribution is 0.0697. The number of sulfone groups is 1. The third-order valence-electron chi connectivity index (χ3n) is 3.84. The summed E-state index contributed by atoms with van der Waals surface area (Å²) in [6, 6.07) is 9.48. The van der Waals surface area contributed by atoms with Crippen molar-refractivity contribution in [3.63, 3.8) is 0 Å². The van der Waals surface area contributed by atoms with Crippen LogP contribution in [0.2, 0.25) is 5.02 Å². The molecule has 0 amide bonds. The number of imidazole rings is 1. The zero-order valence-electron chi connectivity index (χ0n) is 13.8. The van der Waals surface area contributed by atoms with E-state index in [9.17, 15) is 13.2 Å². The summed E-state index contributed by atoms with van der Waals surface area (Å²) < 4.78 is 25.0. The molecule has 3 aromatic rings. The zero-order chi connectivity index (χ0) is 18.9. The predicted octanol–water partition coefficient (Wildman–Crippen LogP) is 2.74. The number of aromatic nitrogens is 2. The van der Waals surface area contributed by atoms with Gasteiger partial charge in [0.25, 0.3) is 0 Å². The number of aromatic carboxylic acids is 1. The third kappa shape index (κ3) is 3.72. The fraction of sp³-hybridized carbons (Fsp3) is 0.176. The minimum absolute atomic E-state index is 0.116. The number of aromatic amines is 1. The molecule has 7 nitrogen and oxygen atoms in total. The highest BCUT2D eigenvalue weighted by molar-refractivity contribution is 7.91. The Kier molecular flexibility index (Phi) is 4.99. The molecular formula is C17H16ClN3O4S. The molecule has 26 heavy (non-hydrogen) atoms. The van der Waals surface area contributed by atoms with Crippen LogP contribution in [-0.4, -0.2) is 35.3 Å². The number of halogens is 1. The summed E-state index contributed by atoms with van der Waals surface area (Å²) in [6.07, 6.45) is 0. The van der Waals surface area contributed by atoms with E-state index in [-0.39, 0.29) is 27.9 Å². The highest BCUT2D eigenvalue weighted by Gasteiger charge is 2.20. The maximum absolute atomic E-state index is 12.5. The molecule has 0 atom stereocenters. The normalized spacial score (nSPS) is 11.8. The van der Waals surface area contributed by atoms with Crippen molar-refractivity contribution in [1.82, 2.24) is 15.3 Å². The first-order valence-corrected chi connectivity index (χ1v) is 9.71. The standard InChI is InChI=1S/C17H16ClN3O4S/c1-10-3-2-4-12(18)16(10)26(24,25)9-19-8-15-20-13-6-5-11(17(22)23)7-14(13)21-15/h2-7,19H,8-9H2,1H3,(H,20,21)(H,22,23). The highest BCUT2D eigenvalue weighted by Crippen LogP contribution is 2.25. The molecule has 0 spiro atoms. The molecule has 9 heteroatoms. The van der Waals surface area contributed by atoms with Crippen LogP contribution in [0.5, 0.6) is 0 Å². The number of fused-ring (bicyclic) bond motifs is 1. The van der Waals surface area contributed by atoms with Gasteiger partial charge < -0.3 is 10.1 Å². The lowest BCUT2D eigenvalue weighted by Gasteiger charge is -2.10. The zero-order valence-corrected chi connectivity index (χ0v) is 15.4. The maximum atomic E-state index is 12.5. The number of aryl methyl sites for hydroxylation is 1. The van der Waals surface area contributed by atoms with Crippen molar-refractivity contribution in [2.75, 3.05) is 5.88 Å². The molecule has 0 saturated carbocycles. The quantitative estimate of drug-likeness (QED) is 0.593. The maximum Gasteiger partial charge on any atom is 0.335 e. The number of nitrogens with one attached hydrogen (secondary N) is 2. The molecule has 0 aliphatic carbocycles. The Morgan fingerprint density at radius 3 is 2.77 bits per heavy atom. The van der Waals surface area contributed by atoms with Gasteiger partial charge in [-0.05, 0) is 36.8 Å². The van der Waals surface area contributed by atoms with E-state index in [0.717, 1.165) is 0 Å². The highest BCUT2D eigenvalue weighted by atomic mass is 35.5. The van der Waals surface area contributed by atoms with Gasteiger partial charge in [0.15, 0.2) is 9.84 Å². The molecule has 0 saturated heterocycles. The number of hydrogen-bond acceptors (Lipinski definition) is 5. The molecule has 3 N–H and O–H groups in total. The molecule has 1 heterocycles. The smallest absolute Gasteiger partial charge is 0.335 e. The Morgan fingerprint density at radius 2 is 2.08 bits per heavy atom. The van der Waals surface area contributed by atoms with Crippen LogP contribution in [0.25, 0.3) is 11.0 Å². The largest absolute Gasteiger partial charge is 0.478 e. The number of nitrogens with zero attached hydrogens (tertiary/aromatic N) is 1. The van der Waals surface area contributed by atoms with E-state index < -0.39 is 15.8 Å². The summed E-state index contributed by atoms with van der Waals surface area (Å²) in [5.41, 5.74) is 1.92. The molecular weight excluding hydrogens is 378 g/mol. The number of carboxylic acid groups (broad SMARTS) is 1. The molecule has 2 aromatic carbocycles. The van der Waals surface area contributed by atoms with Gasteiger partial charge in [0.1, 0.15) is 11.7 Å². The van der Waals surface area contributed by atoms with Gasteiger partial charge in [-0.3, -0.25) is 5.32 Å². The number of carboxylic acids is 1. The van der Waals surface area contributed by atoms with Gasteiger partial charge in [-0.2, -0.15) is 0 Å². The molecule has 0 aliphatic heterocycles. The van der Waals surface area contributed by atoms with E-state index in [1.807, 2.05) is 0 Å². The Bertz CT molecular complexity index is 1070. The van der Waals surface area contributed by atoms with Gasteiger partial charge in [-0.25, -0.2) is 18.2 Å². The first kappa shape index (κ1) is 18.4. The molecule has 0 unspecified atom stereocenters. The van der Waals surface area contributed by atoms with E-state index in [2.05, 4.69) is 15.3 Å². The van der Waals surface area contributed by atoms with Crippen molar-refractivity contribution >= 4 is 38.4 Å². The molecule has 136 valence electrons. The van der Waals surface area contributed by atoms with Gasteiger partial charge in [-0.1, -0.05) is 23.7 Å². The molecule has 3 rings (SSSR count). The second-order valence-electron chi connectivity index (χ2n) is 5.79. The van der Waals surface area contributed by atoms with Gasteiger partial charge in [0, 0.05) is 0 Å². The van der Waals surface area contributed by atoms with Crippen molar-refractivity contribution in [2.45, 2.75) is 18.4 Å². The van der Waals surface area contributed by atoms with Crippen LogP contribution in [0.15, 0.2) is 41.3 Å². The van der Waals surface area contributed by atoms with Crippen LogP contribution in [0.4, 0.5) is 0 Å². The summed E-state index contributed by atoms with van der Waals surface area (Å²) in [4.78, 5) is 18.4. The average Bonchev–Trinajstić information content (AvgIpc) is 2.95. The fourth-order valence-corrected chi connectivity index (χ4v) is 4.68. The van der Waals surface area contributed by atoms with E-state index in [1.165, 1.54) is 12.1 Å². The number of H-pyrrole nitrogens is 1. The summed E-state index contributed by atoms with van der Waals surface area (Å²) in [7, 11) is -3.60. The Balaban J connectivity index is 1.73. The second-order valence-corrected chi connectivity index (χ2v) is 8.13. The van der Waals surface area contributed by atoms with Crippen LogP contribution in [-0.2, 0) is 16.4 Å². The lowest BCUT2D eigenvalue weighted by atomic mass is 10.2. The number of hydrogen-bond donors (Lipinski definition) is 3. The third-order valence-corrected chi connectivity index (χ3v) is 6.01. The fourth-order valence-electron chi connectivity index (χ4n) is 2.67. The first-order valence-electron chi connectivity index (χ1n) is 7.68. The molecule has 1 aromatic heterocycles. The summed E-state index contributed by atoms with van der Waals surface area (Å²) in [6.45, 7) is 1.87. The molecule has 0 radical (unpaired) electrons. The first-order chi connectivity index (χ1) is 12.3. The van der Waals surface area contributed by atoms with Gasteiger partial charge in [-0.15, -0.1) is 0 Å². The molecule has 0 bridgehead atoms. The van der Waals surface area contributed by atoms with Crippen molar-refractivity contribution in [1.29, 1.82) is 0 Å². The van der Waals surface area contributed by atoms with Crippen LogP contribution < -0.4 is 5.32 Å². The molecule has 0 aliphatic rings. The van der Waals surface area contributed by atoms with Crippen molar-refractivity contribution < 1.29 is 18.3 Å². The van der Waals surface area contributed by atoms with E-state index in [1.54, 1.807) is 31.2 Å². The van der Waals surface area contributed by atoms with Crippen molar-refractivity contribution in [3.05, 3.63) is 58.4 Å². The van der Waals surface area contributed by atoms with Crippen LogP contribution in [0.3, 0.4) is 0 Å². The number of benzene rings is 2. The topological polar surface area (TPSA) is 112 Å². The van der Waals surface area contributed by atoms with Crippen molar-refractivity contribution in [2.24, 2.45) is 0 Å². The Labute approximate surface area is 154 Å².